The number of benzene rings is 2. The Hall–Kier alpha value is -6.02. The van der Waals surface area contributed by atoms with Crippen LogP contribution in [0.1, 0.15) is 26.7 Å². The van der Waals surface area contributed by atoms with Crippen molar-refractivity contribution in [3.05, 3.63) is 108 Å². The highest BCUT2D eigenvalue weighted by atomic mass is 35.5. The van der Waals surface area contributed by atoms with E-state index in [2.05, 4.69) is 30.4 Å². The van der Waals surface area contributed by atoms with Crippen molar-refractivity contribution in [1.29, 1.82) is 0 Å². The van der Waals surface area contributed by atoms with Crippen LogP contribution in [0, 0.1) is 11.6 Å². The molecular weight excluding hydrogens is 702 g/mol. The molecule has 2 aromatic carbocycles. The molecule has 272 valence electrons. The molecule has 1 aliphatic rings. The fraction of sp³-hybridized carbons (Fsp3) is 0.237. The molecule has 5 aromatic heterocycles. The number of anilines is 3. The first-order chi connectivity index (χ1) is 25.8. The van der Waals surface area contributed by atoms with Crippen LogP contribution in [0.2, 0.25) is 5.02 Å². The molecule has 7 aromatic rings. The Morgan fingerprint density at radius 2 is 1.70 bits per heavy atom. The summed E-state index contributed by atoms with van der Waals surface area (Å²) in [5.74, 6) is 0.388. The van der Waals surface area contributed by atoms with Gasteiger partial charge < -0.3 is 25.4 Å². The molecule has 15 heteroatoms. The number of nitrogens with zero attached hydrogens (tertiary/aromatic N) is 8. The van der Waals surface area contributed by atoms with E-state index in [4.69, 9.17) is 31.8 Å². The minimum Gasteiger partial charge on any atom is -0.494 e. The Morgan fingerprint density at radius 3 is 2.47 bits per heavy atom. The van der Waals surface area contributed by atoms with Gasteiger partial charge in [0.1, 0.15) is 5.75 Å². The van der Waals surface area contributed by atoms with E-state index < -0.39 is 11.6 Å². The number of halogens is 3. The summed E-state index contributed by atoms with van der Waals surface area (Å²) in [5, 5.41) is 12.8. The summed E-state index contributed by atoms with van der Waals surface area (Å²) in [7, 11) is 0. The van der Waals surface area contributed by atoms with E-state index in [9.17, 15) is 8.78 Å². The van der Waals surface area contributed by atoms with Gasteiger partial charge in [-0.05, 0) is 93.4 Å². The molecule has 0 radical (unpaired) electrons. The van der Waals surface area contributed by atoms with E-state index in [0.717, 1.165) is 66.3 Å². The van der Waals surface area contributed by atoms with Crippen LogP contribution < -0.4 is 25.4 Å². The number of ether oxygens (including phenoxy) is 2. The van der Waals surface area contributed by atoms with Gasteiger partial charge in [0.05, 0.1) is 23.9 Å². The Labute approximate surface area is 309 Å². The Morgan fingerprint density at radius 1 is 0.868 bits per heavy atom. The molecule has 0 unspecified atom stereocenters. The van der Waals surface area contributed by atoms with Crippen LogP contribution in [0.15, 0.2) is 91.3 Å². The number of aromatic nitrogens is 7. The monoisotopic (exact) mass is 738 g/mol. The molecule has 1 saturated heterocycles. The third-order valence-corrected chi connectivity index (χ3v) is 9.01. The zero-order valence-electron chi connectivity index (χ0n) is 29.1. The van der Waals surface area contributed by atoms with Gasteiger partial charge in [-0.2, -0.15) is 9.97 Å². The number of pyridine rings is 3. The summed E-state index contributed by atoms with van der Waals surface area (Å²) in [6.07, 6.45) is 5.68. The zero-order valence-corrected chi connectivity index (χ0v) is 29.8. The summed E-state index contributed by atoms with van der Waals surface area (Å²) in [5.41, 5.74) is 10.9. The summed E-state index contributed by atoms with van der Waals surface area (Å²) < 4.78 is 40.5. The zero-order chi connectivity index (χ0) is 36.9. The molecule has 8 rings (SSSR count). The molecule has 1 aliphatic heterocycles. The number of nitrogen functional groups attached to an aromatic ring is 1. The second kappa shape index (κ2) is 15.7. The summed E-state index contributed by atoms with van der Waals surface area (Å²) in [6, 6.07) is 22.9. The highest BCUT2D eigenvalue weighted by molar-refractivity contribution is 6.33. The predicted octanol–water partition coefficient (Wildman–Crippen LogP) is 7.58. The maximum absolute atomic E-state index is 13.2. The summed E-state index contributed by atoms with van der Waals surface area (Å²) >= 11 is 6.58. The van der Waals surface area contributed by atoms with Gasteiger partial charge in [-0.1, -0.05) is 17.7 Å². The van der Waals surface area contributed by atoms with E-state index in [1.54, 1.807) is 28.9 Å². The maximum Gasteiger partial charge on any atom is 0.243 e. The molecule has 1 fully saturated rings. The topological polar surface area (TPSA) is 133 Å². The summed E-state index contributed by atoms with van der Waals surface area (Å²) in [6.45, 7) is 7.01. The third kappa shape index (κ3) is 7.92. The smallest absolute Gasteiger partial charge is 0.243 e. The van der Waals surface area contributed by atoms with Gasteiger partial charge in [-0.25, -0.2) is 22.8 Å². The van der Waals surface area contributed by atoms with E-state index in [1.807, 2.05) is 62.5 Å². The minimum atomic E-state index is -0.905. The number of nitrogens with one attached hydrogen (secondary N) is 1. The molecule has 12 nitrogen and oxygen atoms in total. The van der Waals surface area contributed by atoms with Crippen LogP contribution in [0.25, 0.3) is 33.7 Å². The number of hydrogen-bond donors (Lipinski definition) is 2. The summed E-state index contributed by atoms with van der Waals surface area (Å²) in [4.78, 5) is 15.4. The van der Waals surface area contributed by atoms with E-state index >= 15 is 0 Å². The number of hydrogen-bond acceptors (Lipinski definition) is 10. The van der Waals surface area contributed by atoms with Crippen molar-refractivity contribution in [3.8, 4) is 34.0 Å². The average Bonchev–Trinajstić information content (AvgIpc) is 3.76. The molecule has 0 amide bonds. The molecule has 6 heterocycles. The number of fused-ring (bicyclic) bond motifs is 2. The van der Waals surface area contributed by atoms with Crippen LogP contribution in [-0.2, 0) is 0 Å². The Balaban J connectivity index is 0.000000202. The second-order valence-corrected chi connectivity index (χ2v) is 12.6. The number of piperidine rings is 1. The third-order valence-electron chi connectivity index (χ3n) is 8.70. The van der Waals surface area contributed by atoms with Gasteiger partial charge in [-0.3, -0.25) is 0 Å². The van der Waals surface area contributed by atoms with Gasteiger partial charge in [0.2, 0.25) is 17.8 Å². The molecule has 53 heavy (non-hydrogen) atoms. The van der Waals surface area contributed by atoms with Crippen molar-refractivity contribution >= 4 is 40.5 Å². The second-order valence-electron chi connectivity index (χ2n) is 12.2. The lowest BCUT2D eigenvalue weighted by atomic mass is 10.0. The van der Waals surface area contributed by atoms with Crippen LogP contribution in [0.3, 0.4) is 0 Å². The highest BCUT2D eigenvalue weighted by Gasteiger charge is 2.22. The first-order valence-electron chi connectivity index (χ1n) is 17.2. The van der Waals surface area contributed by atoms with Gasteiger partial charge in [-0.15, -0.1) is 10.2 Å². The van der Waals surface area contributed by atoms with Crippen molar-refractivity contribution in [3.63, 3.8) is 0 Å². The average molecular weight is 739 g/mol. The highest BCUT2D eigenvalue weighted by Crippen LogP contribution is 2.34. The van der Waals surface area contributed by atoms with Gasteiger partial charge >= 0.3 is 0 Å². The SMILES string of the molecule is CCOc1ccc(-c2cccn3nc(NC4CCN(c5ccnc(OCC)c5)CC4)nc23)c(Cl)c1.Nc1nc2cccc(-c3ccc(F)c(F)c3)n2n1. The van der Waals surface area contributed by atoms with Crippen molar-refractivity contribution < 1.29 is 18.3 Å². The quantitative estimate of drug-likeness (QED) is 0.153. The lowest BCUT2D eigenvalue weighted by Crippen LogP contribution is -2.39. The standard InChI is InChI=1S/C26H29ClN6O2.C12H8F2N4/c1-3-34-20-7-8-21(23(27)17-20)22-6-5-13-33-25(22)30-26(31-33)29-18-10-14-32(15-11-18)19-9-12-28-24(16-19)35-4-2;13-8-5-4-7(6-9(8)14)10-2-1-3-11-16-12(15)17-18(10)11/h5-9,12-13,16-18H,3-4,10-11,14-15H2,1-2H3,(H,29,31);1-6H,(H2,15,17). The number of rotatable bonds is 9. The van der Waals surface area contributed by atoms with Crippen molar-refractivity contribution in [1.82, 2.24) is 34.2 Å². The van der Waals surface area contributed by atoms with Gasteiger partial charge in [0.15, 0.2) is 22.9 Å². The maximum atomic E-state index is 13.2. The van der Waals surface area contributed by atoms with Gasteiger partial charge in [0.25, 0.3) is 0 Å². The molecule has 0 bridgehead atoms. The molecule has 0 aliphatic carbocycles. The van der Waals surface area contributed by atoms with Crippen molar-refractivity contribution in [2.24, 2.45) is 0 Å². The van der Waals surface area contributed by atoms with Crippen LogP contribution in [0.4, 0.5) is 26.4 Å². The van der Waals surface area contributed by atoms with Crippen LogP contribution in [-0.4, -0.2) is 66.5 Å². The lowest BCUT2D eigenvalue weighted by Gasteiger charge is -2.33. The first kappa shape index (κ1) is 35.4. The fourth-order valence-electron chi connectivity index (χ4n) is 6.23. The molecule has 0 spiro atoms. The Bertz CT molecular complexity index is 2360. The van der Waals surface area contributed by atoms with Crippen LogP contribution >= 0.6 is 11.6 Å². The molecule has 0 saturated carbocycles. The molecule has 0 atom stereocenters. The predicted molar refractivity (Wildman–Crippen MR) is 202 cm³/mol. The van der Waals surface area contributed by atoms with E-state index in [0.29, 0.717) is 53.0 Å². The minimum absolute atomic E-state index is 0.130. The molecule has 3 N–H and O–H groups in total. The molecular formula is C38H37ClF2N10O2. The first-order valence-corrected chi connectivity index (χ1v) is 17.6. The normalized spacial score (nSPS) is 13.2. The van der Waals surface area contributed by atoms with E-state index in [-0.39, 0.29) is 5.95 Å². The Kier molecular flexibility index (Phi) is 10.5. The fourth-order valence-corrected chi connectivity index (χ4v) is 6.50. The van der Waals surface area contributed by atoms with E-state index in [1.165, 1.54) is 10.6 Å². The lowest BCUT2D eigenvalue weighted by molar-refractivity contribution is 0.327. The largest absolute Gasteiger partial charge is 0.494 e. The van der Waals surface area contributed by atoms with Crippen molar-refractivity contribution in [2.45, 2.75) is 32.7 Å². The number of nitrogens with two attached hydrogens (primary N) is 1. The van der Waals surface area contributed by atoms with Gasteiger partial charge in [0, 0.05) is 60.0 Å². The van der Waals surface area contributed by atoms with Crippen molar-refractivity contribution in [2.75, 3.05) is 42.3 Å². The van der Waals surface area contributed by atoms with Crippen LogP contribution in [0.5, 0.6) is 11.6 Å².